The van der Waals surface area contributed by atoms with Crippen LogP contribution < -0.4 is 5.32 Å². The molecule has 1 saturated heterocycles. The lowest BCUT2D eigenvalue weighted by atomic mass is 9.73. The van der Waals surface area contributed by atoms with E-state index in [0.717, 1.165) is 43.6 Å². The minimum Gasteiger partial charge on any atom is -0.381 e. The average Bonchev–Trinajstić information content (AvgIpc) is 3.25. The summed E-state index contributed by atoms with van der Waals surface area (Å²) < 4.78 is 5.74. The van der Waals surface area contributed by atoms with Crippen LogP contribution in [0, 0.1) is 17.8 Å². The molecule has 3 fully saturated rings. The maximum Gasteiger partial charge on any atom is 0.0494 e. The second kappa shape index (κ2) is 7.43. The van der Waals surface area contributed by atoms with E-state index >= 15 is 0 Å². The van der Waals surface area contributed by atoms with Gasteiger partial charge in [-0.1, -0.05) is 6.42 Å². The van der Waals surface area contributed by atoms with Gasteiger partial charge in [0.1, 0.15) is 0 Å². The Bertz CT molecular complexity index is 302. The molecule has 21 heavy (non-hydrogen) atoms. The van der Waals surface area contributed by atoms with Gasteiger partial charge in [0, 0.05) is 38.4 Å². The molecule has 1 N–H and O–H groups in total. The largest absolute Gasteiger partial charge is 0.381 e. The van der Waals surface area contributed by atoms with Crippen LogP contribution in [0.1, 0.15) is 52.4 Å². The summed E-state index contributed by atoms with van der Waals surface area (Å²) in [5.41, 5.74) is 0. The van der Waals surface area contributed by atoms with Crippen molar-refractivity contribution >= 4 is 0 Å². The first-order chi connectivity index (χ1) is 10.2. The van der Waals surface area contributed by atoms with Crippen LogP contribution in [-0.2, 0) is 4.74 Å². The highest BCUT2D eigenvalue weighted by molar-refractivity contribution is 4.95. The fourth-order valence-electron chi connectivity index (χ4n) is 4.21. The molecule has 3 aliphatic rings. The molecule has 0 amide bonds. The van der Waals surface area contributed by atoms with Crippen LogP contribution >= 0.6 is 0 Å². The molecule has 3 rings (SSSR count). The fourth-order valence-corrected chi connectivity index (χ4v) is 4.21. The van der Waals surface area contributed by atoms with Crippen molar-refractivity contribution in [1.29, 1.82) is 0 Å². The summed E-state index contributed by atoms with van der Waals surface area (Å²) in [6.45, 7) is 10.4. The van der Waals surface area contributed by atoms with Crippen molar-refractivity contribution in [1.82, 2.24) is 10.2 Å². The molecule has 2 atom stereocenters. The number of nitrogens with one attached hydrogen (secondary N) is 1. The van der Waals surface area contributed by atoms with Gasteiger partial charge in [0.15, 0.2) is 0 Å². The second-order valence-electron chi connectivity index (χ2n) is 7.85. The molecule has 3 heteroatoms. The van der Waals surface area contributed by atoms with E-state index in [0.29, 0.717) is 6.04 Å². The first kappa shape index (κ1) is 15.8. The molecule has 3 nitrogen and oxygen atoms in total. The zero-order chi connectivity index (χ0) is 14.7. The normalized spacial score (nSPS) is 33.6. The number of nitrogens with zero attached hydrogens (tertiary/aromatic N) is 1. The number of hydrogen-bond donors (Lipinski definition) is 1. The van der Waals surface area contributed by atoms with Gasteiger partial charge >= 0.3 is 0 Å². The number of ether oxygens (including phenoxy) is 1. The minimum atomic E-state index is 0.713. The quantitative estimate of drug-likeness (QED) is 0.697. The Kier molecular flexibility index (Phi) is 5.58. The molecule has 2 bridgehead atoms. The van der Waals surface area contributed by atoms with Gasteiger partial charge in [-0.25, -0.2) is 0 Å². The Balaban J connectivity index is 1.36. The lowest BCUT2D eigenvalue weighted by Crippen LogP contribution is -2.58. The zero-order valence-corrected chi connectivity index (χ0v) is 14.0. The van der Waals surface area contributed by atoms with E-state index in [9.17, 15) is 0 Å². The molecule has 0 aromatic heterocycles. The molecular formula is C18H34N2O. The lowest BCUT2D eigenvalue weighted by Gasteiger charge is -2.49. The topological polar surface area (TPSA) is 24.5 Å². The van der Waals surface area contributed by atoms with Crippen molar-refractivity contribution in [2.75, 3.05) is 32.8 Å². The first-order valence-electron chi connectivity index (χ1n) is 9.29. The summed E-state index contributed by atoms with van der Waals surface area (Å²) >= 11 is 0. The van der Waals surface area contributed by atoms with Gasteiger partial charge in [-0.05, 0) is 70.3 Å². The van der Waals surface area contributed by atoms with Crippen LogP contribution in [0.5, 0.6) is 0 Å². The fraction of sp³-hybridized carbons (Fsp3) is 1.00. The third-order valence-electron chi connectivity index (χ3n) is 5.73. The third-order valence-corrected chi connectivity index (χ3v) is 5.73. The predicted molar refractivity (Wildman–Crippen MR) is 87.5 cm³/mol. The average molecular weight is 294 g/mol. The predicted octanol–water partition coefficient (Wildman–Crippen LogP) is 2.90. The molecule has 0 spiro atoms. The summed E-state index contributed by atoms with van der Waals surface area (Å²) in [6.07, 6.45) is 8.28. The third kappa shape index (κ3) is 4.43. The van der Waals surface area contributed by atoms with Crippen LogP contribution in [0.3, 0.4) is 0 Å². The number of piperidine rings is 1. The Morgan fingerprint density at radius 3 is 2.43 bits per heavy atom. The van der Waals surface area contributed by atoms with Crippen molar-refractivity contribution in [3.05, 3.63) is 0 Å². The molecule has 1 heterocycles. The molecular weight excluding hydrogens is 260 g/mol. The molecule has 1 aliphatic heterocycles. The van der Waals surface area contributed by atoms with E-state index in [1.807, 2.05) is 0 Å². The van der Waals surface area contributed by atoms with Gasteiger partial charge in [-0.2, -0.15) is 0 Å². The molecule has 0 radical (unpaired) electrons. The van der Waals surface area contributed by atoms with Crippen LogP contribution in [-0.4, -0.2) is 49.8 Å². The highest BCUT2D eigenvalue weighted by atomic mass is 16.5. The molecule has 2 saturated carbocycles. The Morgan fingerprint density at radius 2 is 1.81 bits per heavy atom. The van der Waals surface area contributed by atoms with E-state index in [1.165, 1.54) is 51.6 Å². The number of likely N-dealkylation sites (tertiary alicyclic amines) is 1. The maximum absolute atomic E-state index is 5.74. The van der Waals surface area contributed by atoms with Crippen LogP contribution in [0.4, 0.5) is 0 Å². The van der Waals surface area contributed by atoms with Gasteiger partial charge in [0.2, 0.25) is 0 Å². The van der Waals surface area contributed by atoms with Crippen molar-refractivity contribution in [3.63, 3.8) is 0 Å². The smallest absolute Gasteiger partial charge is 0.0494 e. The molecule has 2 unspecified atom stereocenters. The van der Waals surface area contributed by atoms with Crippen molar-refractivity contribution in [2.45, 2.75) is 64.5 Å². The molecule has 122 valence electrons. The summed E-state index contributed by atoms with van der Waals surface area (Å²) in [5.74, 6) is 2.66. The van der Waals surface area contributed by atoms with Gasteiger partial charge in [0.25, 0.3) is 0 Å². The standard InChI is InChI=1S/C18H34N2O/c1-14(2)20-11-16-5-3-6-17(12-20)18(16)19-9-4-10-21-13-15-7-8-15/h14-19H,3-13H2,1-2H3. The van der Waals surface area contributed by atoms with Crippen molar-refractivity contribution in [3.8, 4) is 0 Å². The highest BCUT2D eigenvalue weighted by Crippen LogP contribution is 2.35. The Morgan fingerprint density at radius 1 is 1.10 bits per heavy atom. The SMILES string of the molecule is CC(C)N1CC2CCCC(C1)C2NCCCOCC1CC1. The van der Waals surface area contributed by atoms with E-state index in [-0.39, 0.29) is 0 Å². The first-order valence-corrected chi connectivity index (χ1v) is 9.29. The monoisotopic (exact) mass is 294 g/mol. The van der Waals surface area contributed by atoms with Crippen LogP contribution in [0.2, 0.25) is 0 Å². The van der Waals surface area contributed by atoms with E-state index in [1.54, 1.807) is 0 Å². The van der Waals surface area contributed by atoms with Gasteiger partial charge < -0.3 is 15.0 Å². The van der Waals surface area contributed by atoms with E-state index in [2.05, 4.69) is 24.1 Å². The second-order valence-corrected chi connectivity index (χ2v) is 7.85. The molecule has 0 aromatic carbocycles. The molecule has 0 aromatic rings. The van der Waals surface area contributed by atoms with Crippen LogP contribution in [0.15, 0.2) is 0 Å². The summed E-state index contributed by atoms with van der Waals surface area (Å²) in [5, 5.41) is 3.88. The minimum absolute atomic E-state index is 0.713. The summed E-state index contributed by atoms with van der Waals surface area (Å²) in [6, 6.07) is 1.49. The van der Waals surface area contributed by atoms with Crippen LogP contribution in [0.25, 0.3) is 0 Å². The number of hydrogen-bond acceptors (Lipinski definition) is 3. The van der Waals surface area contributed by atoms with E-state index in [4.69, 9.17) is 4.74 Å². The van der Waals surface area contributed by atoms with Gasteiger partial charge in [-0.3, -0.25) is 0 Å². The zero-order valence-electron chi connectivity index (χ0n) is 14.0. The van der Waals surface area contributed by atoms with Gasteiger partial charge in [0.05, 0.1) is 0 Å². The number of fused-ring (bicyclic) bond motifs is 2. The highest BCUT2D eigenvalue weighted by Gasteiger charge is 2.39. The number of rotatable bonds is 8. The summed E-state index contributed by atoms with van der Waals surface area (Å²) in [4.78, 5) is 2.70. The van der Waals surface area contributed by atoms with Crippen molar-refractivity contribution in [2.24, 2.45) is 17.8 Å². The van der Waals surface area contributed by atoms with Crippen molar-refractivity contribution < 1.29 is 4.74 Å². The Labute approximate surface area is 130 Å². The molecule has 2 aliphatic carbocycles. The Hall–Kier alpha value is -0.120. The van der Waals surface area contributed by atoms with E-state index < -0.39 is 0 Å². The maximum atomic E-state index is 5.74. The summed E-state index contributed by atoms with van der Waals surface area (Å²) in [7, 11) is 0. The van der Waals surface area contributed by atoms with Gasteiger partial charge in [-0.15, -0.1) is 0 Å². The lowest BCUT2D eigenvalue weighted by molar-refractivity contribution is 0.0284.